The first-order chi connectivity index (χ1) is 11.5. The van der Waals surface area contributed by atoms with E-state index in [-0.39, 0.29) is 12.2 Å². The number of aromatic nitrogens is 2. The van der Waals surface area contributed by atoms with Crippen molar-refractivity contribution >= 4 is 15.9 Å². The number of aryl methyl sites for hydroxylation is 3. The van der Waals surface area contributed by atoms with Crippen molar-refractivity contribution in [2.75, 3.05) is 0 Å². The van der Waals surface area contributed by atoms with E-state index in [0.717, 1.165) is 60.2 Å². The Hall–Kier alpha value is -1.30. The number of halogens is 1. The van der Waals surface area contributed by atoms with Gasteiger partial charge in [0.25, 0.3) is 0 Å². The van der Waals surface area contributed by atoms with E-state index in [0.29, 0.717) is 0 Å². The number of pyridine rings is 2. The van der Waals surface area contributed by atoms with E-state index in [9.17, 15) is 10.2 Å². The average Bonchev–Trinajstić information content (AvgIpc) is 2.57. The Morgan fingerprint density at radius 1 is 0.875 bits per heavy atom. The van der Waals surface area contributed by atoms with Crippen molar-refractivity contribution in [3.63, 3.8) is 0 Å². The minimum Gasteiger partial charge on any atom is -0.387 e. The average molecular weight is 391 g/mol. The van der Waals surface area contributed by atoms with Crippen LogP contribution in [0.2, 0.25) is 0 Å². The Bertz CT molecular complexity index is 659. The zero-order valence-corrected chi connectivity index (χ0v) is 15.5. The van der Waals surface area contributed by atoms with Crippen LogP contribution in [0.3, 0.4) is 0 Å². The quantitative estimate of drug-likeness (QED) is 0.667. The van der Waals surface area contributed by atoms with Crippen LogP contribution < -0.4 is 0 Å². The zero-order valence-electron chi connectivity index (χ0n) is 13.9. The summed E-state index contributed by atoms with van der Waals surface area (Å²) >= 11 is 3.30. The van der Waals surface area contributed by atoms with E-state index in [1.807, 2.05) is 25.1 Å². The first-order valence-electron chi connectivity index (χ1n) is 8.52. The molecule has 2 N–H and O–H groups in total. The zero-order chi connectivity index (χ0) is 17.1. The van der Waals surface area contributed by atoms with E-state index >= 15 is 0 Å². The van der Waals surface area contributed by atoms with Gasteiger partial charge in [0.1, 0.15) is 4.60 Å². The Labute approximate surface area is 151 Å². The van der Waals surface area contributed by atoms with Gasteiger partial charge in [-0.05, 0) is 84.6 Å². The Morgan fingerprint density at radius 3 is 2.04 bits per heavy atom. The summed E-state index contributed by atoms with van der Waals surface area (Å²) in [6, 6.07) is 8.06. The number of hydrogen-bond donors (Lipinski definition) is 2. The molecule has 5 heteroatoms. The second-order valence-electron chi connectivity index (χ2n) is 6.49. The molecule has 0 bridgehead atoms. The maximum absolute atomic E-state index is 9.62. The Kier molecular flexibility index (Phi) is 5.64. The molecule has 0 fully saturated rings. The summed E-state index contributed by atoms with van der Waals surface area (Å²) in [7, 11) is 0. The molecular weight excluding hydrogens is 368 g/mol. The largest absolute Gasteiger partial charge is 0.387 e. The summed E-state index contributed by atoms with van der Waals surface area (Å²) in [4.78, 5) is 8.61. The van der Waals surface area contributed by atoms with E-state index < -0.39 is 0 Å². The summed E-state index contributed by atoms with van der Waals surface area (Å²) in [6.07, 6.45) is 5.29. The SMILES string of the molecule is Cc1ccc2c(n1)C(O)CCC2.OC1CCCc2ccc(Br)nc21. The predicted octanol–water partition coefficient (Wildman–Crippen LogP) is 3.97. The second kappa shape index (κ2) is 7.72. The van der Waals surface area contributed by atoms with Crippen molar-refractivity contribution in [2.24, 2.45) is 0 Å². The molecular formula is C19H23BrN2O2. The van der Waals surface area contributed by atoms with Crippen LogP contribution in [0.15, 0.2) is 28.9 Å². The highest BCUT2D eigenvalue weighted by Gasteiger charge is 2.19. The van der Waals surface area contributed by atoms with Crippen molar-refractivity contribution < 1.29 is 10.2 Å². The topological polar surface area (TPSA) is 66.2 Å². The summed E-state index contributed by atoms with van der Waals surface area (Å²) < 4.78 is 0.808. The molecule has 0 amide bonds. The van der Waals surface area contributed by atoms with Crippen LogP contribution in [0.4, 0.5) is 0 Å². The minimum absolute atomic E-state index is 0.325. The highest BCUT2D eigenvalue weighted by molar-refractivity contribution is 9.10. The van der Waals surface area contributed by atoms with E-state index in [1.54, 1.807) is 0 Å². The molecule has 4 nitrogen and oxygen atoms in total. The lowest BCUT2D eigenvalue weighted by Gasteiger charge is -2.20. The van der Waals surface area contributed by atoms with Gasteiger partial charge < -0.3 is 10.2 Å². The smallest absolute Gasteiger partial charge is 0.106 e. The number of nitrogens with zero attached hydrogens (tertiary/aromatic N) is 2. The van der Waals surface area contributed by atoms with Crippen LogP contribution >= 0.6 is 15.9 Å². The number of hydrogen-bond acceptors (Lipinski definition) is 4. The van der Waals surface area contributed by atoms with Gasteiger partial charge in [-0.3, -0.25) is 4.98 Å². The first-order valence-corrected chi connectivity index (χ1v) is 9.32. The third-order valence-corrected chi connectivity index (χ3v) is 5.05. The van der Waals surface area contributed by atoms with Crippen LogP contribution in [0.25, 0.3) is 0 Å². The monoisotopic (exact) mass is 390 g/mol. The van der Waals surface area contributed by atoms with Gasteiger partial charge in [0, 0.05) is 5.69 Å². The first kappa shape index (κ1) is 17.5. The molecule has 0 saturated carbocycles. The Balaban J connectivity index is 0.000000141. The predicted molar refractivity (Wildman–Crippen MR) is 96.7 cm³/mol. The third kappa shape index (κ3) is 4.02. The van der Waals surface area contributed by atoms with Crippen molar-refractivity contribution in [3.8, 4) is 0 Å². The van der Waals surface area contributed by atoms with Crippen molar-refractivity contribution in [1.29, 1.82) is 0 Å². The van der Waals surface area contributed by atoms with Crippen LogP contribution in [-0.2, 0) is 12.8 Å². The highest BCUT2D eigenvalue weighted by Crippen LogP contribution is 2.29. The van der Waals surface area contributed by atoms with Crippen LogP contribution in [0.1, 0.15) is 66.1 Å². The van der Waals surface area contributed by atoms with Crippen LogP contribution in [0.5, 0.6) is 0 Å². The number of aliphatic hydroxyl groups excluding tert-OH is 2. The summed E-state index contributed by atoms with van der Waals surface area (Å²) in [5, 5.41) is 19.2. The van der Waals surface area contributed by atoms with Gasteiger partial charge in [0.2, 0.25) is 0 Å². The highest BCUT2D eigenvalue weighted by atomic mass is 79.9. The van der Waals surface area contributed by atoms with Gasteiger partial charge >= 0.3 is 0 Å². The molecule has 2 aromatic heterocycles. The molecule has 0 saturated heterocycles. The number of aliphatic hydroxyl groups is 2. The van der Waals surface area contributed by atoms with Crippen molar-refractivity contribution in [1.82, 2.24) is 9.97 Å². The summed E-state index contributed by atoms with van der Waals surface area (Å²) in [6.45, 7) is 1.96. The third-order valence-electron chi connectivity index (χ3n) is 4.61. The standard InChI is InChI=1S/C10H13NO.C9H10BrNO/c1-7-5-6-8-3-2-4-9(12)10(8)11-7;10-8-5-4-6-2-1-3-7(12)9(6)11-8/h5-6,9,12H,2-4H2,1H3;4-5,7,12H,1-3H2. The lowest BCUT2D eigenvalue weighted by molar-refractivity contribution is 0.151. The van der Waals surface area contributed by atoms with E-state index in [2.05, 4.69) is 32.0 Å². The fraction of sp³-hybridized carbons (Fsp3) is 0.474. The Morgan fingerprint density at radius 2 is 1.42 bits per heavy atom. The lowest BCUT2D eigenvalue weighted by Crippen LogP contribution is -2.11. The molecule has 0 aromatic carbocycles. The van der Waals surface area contributed by atoms with E-state index in [1.165, 1.54) is 11.1 Å². The fourth-order valence-electron chi connectivity index (χ4n) is 3.33. The molecule has 2 aliphatic rings. The lowest BCUT2D eigenvalue weighted by atomic mass is 9.93. The summed E-state index contributed by atoms with van der Waals surface area (Å²) in [5.41, 5.74) is 5.17. The minimum atomic E-state index is -0.355. The van der Waals surface area contributed by atoms with Gasteiger partial charge in [-0.2, -0.15) is 0 Å². The van der Waals surface area contributed by atoms with Gasteiger partial charge in [-0.1, -0.05) is 12.1 Å². The molecule has 4 rings (SSSR count). The maximum atomic E-state index is 9.62. The molecule has 2 unspecified atom stereocenters. The van der Waals surface area contributed by atoms with Gasteiger partial charge in [-0.25, -0.2) is 4.98 Å². The molecule has 2 atom stereocenters. The van der Waals surface area contributed by atoms with Crippen molar-refractivity contribution in [3.05, 3.63) is 57.1 Å². The normalized spacial score (nSPS) is 22.0. The molecule has 128 valence electrons. The fourth-order valence-corrected chi connectivity index (χ4v) is 3.65. The molecule has 2 aliphatic carbocycles. The molecule has 2 aromatic rings. The molecule has 0 spiro atoms. The second-order valence-corrected chi connectivity index (χ2v) is 7.30. The number of rotatable bonds is 0. The molecule has 0 aliphatic heterocycles. The maximum Gasteiger partial charge on any atom is 0.106 e. The summed E-state index contributed by atoms with van der Waals surface area (Å²) in [5.74, 6) is 0. The van der Waals surface area contributed by atoms with E-state index in [4.69, 9.17) is 0 Å². The van der Waals surface area contributed by atoms with Gasteiger partial charge in [0.15, 0.2) is 0 Å². The molecule has 0 radical (unpaired) electrons. The molecule has 24 heavy (non-hydrogen) atoms. The van der Waals surface area contributed by atoms with Gasteiger partial charge in [-0.15, -0.1) is 0 Å². The van der Waals surface area contributed by atoms with Crippen LogP contribution in [-0.4, -0.2) is 20.2 Å². The van der Waals surface area contributed by atoms with Gasteiger partial charge in [0.05, 0.1) is 23.6 Å². The van der Waals surface area contributed by atoms with Crippen LogP contribution in [0, 0.1) is 6.92 Å². The van der Waals surface area contributed by atoms with Crippen molar-refractivity contribution in [2.45, 2.75) is 57.7 Å². The number of fused-ring (bicyclic) bond motifs is 2. The molecule has 2 heterocycles.